The van der Waals surface area contributed by atoms with Crippen LogP contribution in [0.4, 0.5) is 4.39 Å². The molecule has 2 atom stereocenters. The first-order chi connectivity index (χ1) is 9.56. The first-order valence-corrected chi connectivity index (χ1v) is 7.07. The SMILES string of the molecule is CC(Oc1ccc(F)cc1Cl)C(=O)NC1CCCNC1. The van der Waals surface area contributed by atoms with Gasteiger partial charge in [-0.2, -0.15) is 0 Å². The molecule has 0 aromatic heterocycles. The van der Waals surface area contributed by atoms with Crippen molar-refractivity contribution in [3.63, 3.8) is 0 Å². The molecule has 110 valence electrons. The standard InChI is InChI=1S/C14H18ClFN2O2/c1-9(14(19)18-11-3-2-6-17-8-11)20-13-5-4-10(16)7-12(13)15/h4-5,7,9,11,17H,2-3,6,8H2,1H3,(H,18,19). The van der Waals surface area contributed by atoms with Crippen LogP contribution in [0.15, 0.2) is 18.2 Å². The molecule has 4 nitrogen and oxygen atoms in total. The number of nitrogens with one attached hydrogen (secondary N) is 2. The van der Waals surface area contributed by atoms with Gasteiger partial charge in [0.15, 0.2) is 6.10 Å². The monoisotopic (exact) mass is 300 g/mol. The predicted molar refractivity (Wildman–Crippen MR) is 75.5 cm³/mol. The van der Waals surface area contributed by atoms with Gasteiger partial charge in [-0.25, -0.2) is 4.39 Å². The average molecular weight is 301 g/mol. The van der Waals surface area contributed by atoms with Gasteiger partial charge in [0.2, 0.25) is 0 Å². The molecule has 20 heavy (non-hydrogen) atoms. The lowest BCUT2D eigenvalue weighted by atomic mass is 10.1. The summed E-state index contributed by atoms with van der Waals surface area (Å²) in [6.07, 6.45) is 1.33. The molecule has 0 saturated carbocycles. The Kier molecular flexibility index (Phi) is 5.20. The molecule has 1 saturated heterocycles. The van der Waals surface area contributed by atoms with Crippen LogP contribution in [0.3, 0.4) is 0 Å². The summed E-state index contributed by atoms with van der Waals surface area (Å²) in [6, 6.07) is 3.96. The van der Waals surface area contributed by atoms with Crippen LogP contribution in [0.1, 0.15) is 19.8 Å². The smallest absolute Gasteiger partial charge is 0.261 e. The summed E-state index contributed by atoms with van der Waals surface area (Å²) in [4.78, 5) is 12.0. The van der Waals surface area contributed by atoms with E-state index in [1.165, 1.54) is 12.1 Å². The van der Waals surface area contributed by atoms with E-state index in [4.69, 9.17) is 16.3 Å². The summed E-state index contributed by atoms with van der Waals surface area (Å²) in [5.41, 5.74) is 0. The van der Waals surface area contributed by atoms with Crippen molar-refractivity contribution in [2.45, 2.75) is 31.9 Å². The molecule has 1 amide bonds. The molecule has 1 heterocycles. The van der Waals surface area contributed by atoms with E-state index in [0.29, 0.717) is 5.75 Å². The van der Waals surface area contributed by atoms with Crippen LogP contribution in [0.5, 0.6) is 5.75 Å². The van der Waals surface area contributed by atoms with Gasteiger partial charge in [-0.05, 0) is 44.5 Å². The normalized spacial score (nSPS) is 20.2. The van der Waals surface area contributed by atoms with E-state index in [1.807, 2.05) is 0 Å². The largest absolute Gasteiger partial charge is 0.479 e. The number of halogens is 2. The highest BCUT2D eigenvalue weighted by Crippen LogP contribution is 2.25. The van der Waals surface area contributed by atoms with Crippen molar-refractivity contribution >= 4 is 17.5 Å². The minimum absolute atomic E-state index is 0.131. The fourth-order valence-corrected chi connectivity index (χ4v) is 2.32. The molecule has 1 aromatic rings. The van der Waals surface area contributed by atoms with Gasteiger partial charge in [-0.15, -0.1) is 0 Å². The Bertz CT molecular complexity index is 478. The van der Waals surface area contributed by atoms with Gasteiger partial charge in [0.05, 0.1) is 5.02 Å². The van der Waals surface area contributed by atoms with Gasteiger partial charge in [-0.3, -0.25) is 4.79 Å². The van der Waals surface area contributed by atoms with E-state index < -0.39 is 11.9 Å². The number of carbonyl (C=O) groups is 1. The van der Waals surface area contributed by atoms with Crippen molar-refractivity contribution in [3.05, 3.63) is 29.0 Å². The fraction of sp³-hybridized carbons (Fsp3) is 0.500. The fourth-order valence-electron chi connectivity index (χ4n) is 2.11. The second kappa shape index (κ2) is 6.90. The molecule has 1 fully saturated rings. The molecule has 1 aromatic carbocycles. The lowest BCUT2D eigenvalue weighted by Gasteiger charge is -2.25. The van der Waals surface area contributed by atoms with Crippen LogP contribution in [-0.4, -0.2) is 31.1 Å². The van der Waals surface area contributed by atoms with E-state index in [0.717, 1.165) is 32.0 Å². The number of ether oxygens (including phenoxy) is 1. The summed E-state index contributed by atoms with van der Waals surface area (Å²) in [7, 11) is 0. The van der Waals surface area contributed by atoms with E-state index in [2.05, 4.69) is 10.6 Å². The van der Waals surface area contributed by atoms with Crippen molar-refractivity contribution in [2.75, 3.05) is 13.1 Å². The molecule has 1 aliphatic heterocycles. The molecule has 0 bridgehead atoms. The Morgan fingerprint density at radius 1 is 1.60 bits per heavy atom. The van der Waals surface area contributed by atoms with Gasteiger partial charge >= 0.3 is 0 Å². The number of carbonyl (C=O) groups excluding carboxylic acids is 1. The van der Waals surface area contributed by atoms with E-state index in [9.17, 15) is 9.18 Å². The third kappa shape index (κ3) is 4.08. The molecule has 2 N–H and O–H groups in total. The van der Waals surface area contributed by atoms with Gasteiger partial charge < -0.3 is 15.4 Å². The van der Waals surface area contributed by atoms with Crippen molar-refractivity contribution in [3.8, 4) is 5.75 Å². The van der Waals surface area contributed by atoms with Crippen molar-refractivity contribution in [2.24, 2.45) is 0 Å². The van der Waals surface area contributed by atoms with Crippen molar-refractivity contribution in [1.29, 1.82) is 0 Å². The minimum Gasteiger partial charge on any atom is -0.479 e. The maximum absolute atomic E-state index is 12.9. The zero-order chi connectivity index (χ0) is 14.5. The molecule has 2 rings (SSSR count). The van der Waals surface area contributed by atoms with Gasteiger partial charge in [0.1, 0.15) is 11.6 Å². The highest BCUT2D eigenvalue weighted by Gasteiger charge is 2.21. The number of benzene rings is 1. The lowest BCUT2D eigenvalue weighted by molar-refractivity contribution is -0.128. The molecule has 0 radical (unpaired) electrons. The molecule has 2 unspecified atom stereocenters. The predicted octanol–water partition coefficient (Wildman–Crippen LogP) is 2.11. The molecular weight excluding hydrogens is 283 g/mol. The molecule has 0 spiro atoms. The molecule has 6 heteroatoms. The maximum Gasteiger partial charge on any atom is 0.261 e. The van der Waals surface area contributed by atoms with E-state index in [-0.39, 0.29) is 17.0 Å². The van der Waals surface area contributed by atoms with Gasteiger partial charge in [0, 0.05) is 12.6 Å². The quantitative estimate of drug-likeness (QED) is 0.895. The Hall–Kier alpha value is -1.33. The van der Waals surface area contributed by atoms with E-state index in [1.54, 1.807) is 6.92 Å². The second-order valence-electron chi connectivity index (χ2n) is 4.89. The topological polar surface area (TPSA) is 50.4 Å². The Labute approximate surface area is 122 Å². The van der Waals surface area contributed by atoms with Crippen LogP contribution >= 0.6 is 11.6 Å². The number of hydrogen-bond donors (Lipinski definition) is 2. The highest BCUT2D eigenvalue weighted by atomic mass is 35.5. The minimum atomic E-state index is -0.681. The highest BCUT2D eigenvalue weighted by molar-refractivity contribution is 6.32. The molecule has 1 aliphatic rings. The average Bonchev–Trinajstić information content (AvgIpc) is 2.43. The number of rotatable bonds is 4. The third-order valence-electron chi connectivity index (χ3n) is 3.21. The summed E-state index contributed by atoms with van der Waals surface area (Å²) < 4.78 is 18.4. The maximum atomic E-state index is 12.9. The van der Waals surface area contributed by atoms with Gasteiger partial charge in [-0.1, -0.05) is 11.6 Å². The summed E-state index contributed by atoms with van der Waals surface area (Å²) in [5.74, 6) is -0.329. The Balaban J connectivity index is 1.89. The summed E-state index contributed by atoms with van der Waals surface area (Å²) in [6.45, 7) is 3.41. The molecule has 0 aliphatic carbocycles. The number of amides is 1. The van der Waals surface area contributed by atoms with Crippen LogP contribution < -0.4 is 15.4 Å². The van der Waals surface area contributed by atoms with Crippen LogP contribution in [0.25, 0.3) is 0 Å². The Morgan fingerprint density at radius 2 is 2.40 bits per heavy atom. The first kappa shape index (κ1) is 15.1. The van der Waals surface area contributed by atoms with Crippen LogP contribution in [0, 0.1) is 5.82 Å². The lowest BCUT2D eigenvalue weighted by Crippen LogP contribution is -2.49. The zero-order valence-corrected chi connectivity index (χ0v) is 12.0. The van der Waals surface area contributed by atoms with Crippen molar-refractivity contribution < 1.29 is 13.9 Å². The molecular formula is C14H18ClFN2O2. The zero-order valence-electron chi connectivity index (χ0n) is 11.3. The second-order valence-corrected chi connectivity index (χ2v) is 5.29. The summed E-state index contributed by atoms with van der Waals surface area (Å²) in [5, 5.41) is 6.31. The first-order valence-electron chi connectivity index (χ1n) is 6.69. The van der Waals surface area contributed by atoms with Gasteiger partial charge in [0.25, 0.3) is 5.91 Å². The Morgan fingerprint density at radius 3 is 3.05 bits per heavy atom. The van der Waals surface area contributed by atoms with Crippen LogP contribution in [0.2, 0.25) is 5.02 Å². The number of piperidine rings is 1. The van der Waals surface area contributed by atoms with Crippen molar-refractivity contribution in [1.82, 2.24) is 10.6 Å². The van der Waals surface area contributed by atoms with Crippen LogP contribution in [-0.2, 0) is 4.79 Å². The summed E-state index contributed by atoms with van der Waals surface area (Å²) >= 11 is 5.86. The van der Waals surface area contributed by atoms with E-state index >= 15 is 0 Å². The number of hydrogen-bond acceptors (Lipinski definition) is 3. The third-order valence-corrected chi connectivity index (χ3v) is 3.51.